The molecule has 0 spiro atoms. The number of esters is 1. The van der Waals surface area contributed by atoms with Gasteiger partial charge in [0.2, 0.25) is 5.78 Å². The van der Waals surface area contributed by atoms with Crippen LogP contribution in [-0.2, 0) is 24.0 Å². The number of hydroxylamine groups is 1. The Morgan fingerprint density at radius 1 is 1.19 bits per heavy atom. The Labute approximate surface area is 255 Å². The quantitative estimate of drug-likeness (QED) is 0.420. The molecule has 232 valence electrons. The zero-order valence-corrected chi connectivity index (χ0v) is 25.6. The van der Waals surface area contributed by atoms with E-state index in [-0.39, 0.29) is 37.3 Å². The average molecular weight is 618 g/mol. The fraction of sp³-hybridized carbons (Fsp3) is 0.606. The maximum absolute atomic E-state index is 17.7. The third-order valence-corrected chi connectivity index (χ3v) is 11.3. The first-order valence-corrected chi connectivity index (χ1v) is 15.4. The van der Waals surface area contributed by atoms with Crippen molar-refractivity contribution in [2.45, 2.75) is 76.9 Å². The lowest BCUT2D eigenvalue weighted by Crippen LogP contribution is -2.70. The highest BCUT2D eigenvalue weighted by atomic mass is 35.5. The molecule has 1 aromatic carbocycles. The minimum atomic E-state index is -2.27. The molecule has 1 aliphatic heterocycles. The van der Waals surface area contributed by atoms with E-state index in [0.717, 1.165) is 6.08 Å². The summed E-state index contributed by atoms with van der Waals surface area (Å²) in [5, 5.41) is 13.9. The summed E-state index contributed by atoms with van der Waals surface area (Å²) in [6, 6.07) is 6.96. The third kappa shape index (κ3) is 4.21. The van der Waals surface area contributed by atoms with Crippen molar-refractivity contribution in [3.63, 3.8) is 0 Å². The summed E-state index contributed by atoms with van der Waals surface area (Å²) < 4.78 is 39.0. The smallest absolute Gasteiger partial charge is 0.306 e. The molecule has 10 heteroatoms. The first kappa shape index (κ1) is 30.4. The van der Waals surface area contributed by atoms with Gasteiger partial charge in [-0.3, -0.25) is 24.3 Å². The van der Waals surface area contributed by atoms with Gasteiger partial charge in [0.15, 0.2) is 23.7 Å². The number of carbonyl (C=O) groups excluding carboxylic acids is 3. The van der Waals surface area contributed by atoms with E-state index < -0.39 is 76.3 Å². The van der Waals surface area contributed by atoms with Crippen molar-refractivity contribution in [1.82, 2.24) is 0 Å². The number of aliphatic hydroxyl groups is 1. The van der Waals surface area contributed by atoms with Gasteiger partial charge in [-0.15, -0.1) is 0 Å². The molecule has 1 saturated heterocycles. The molecular weight excluding hydrogens is 580 g/mol. The molecular formula is C33H38ClF2NO6. The SMILES string of the molecule is CC(C)CC(=O)OCC(=O)C12ON(c3ccc(Cl)cc3)CC1CC1C3CC(F)C4=CC(=O)C=CC4(C)C3(F)C(O)CC12C. The monoisotopic (exact) mass is 617 g/mol. The number of anilines is 1. The molecule has 3 saturated carbocycles. The van der Waals surface area contributed by atoms with Crippen molar-refractivity contribution >= 4 is 34.8 Å². The van der Waals surface area contributed by atoms with Crippen LogP contribution in [0.3, 0.4) is 0 Å². The van der Waals surface area contributed by atoms with Crippen LogP contribution in [0.4, 0.5) is 14.5 Å². The van der Waals surface area contributed by atoms with E-state index in [9.17, 15) is 19.5 Å². The molecule has 5 aliphatic rings. The lowest BCUT2D eigenvalue weighted by Gasteiger charge is -2.63. The molecule has 1 N–H and O–H groups in total. The predicted molar refractivity (Wildman–Crippen MR) is 156 cm³/mol. The van der Waals surface area contributed by atoms with E-state index in [1.165, 1.54) is 12.2 Å². The van der Waals surface area contributed by atoms with Crippen LogP contribution in [0, 0.1) is 34.5 Å². The van der Waals surface area contributed by atoms with Crippen molar-refractivity contribution in [2.75, 3.05) is 18.2 Å². The van der Waals surface area contributed by atoms with Gasteiger partial charge in [0, 0.05) is 34.1 Å². The third-order valence-electron chi connectivity index (χ3n) is 11.1. The van der Waals surface area contributed by atoms with Gasteiger partial charge in [0.25, 0.3) is 0 Å². The first-order chi connectivity index (χ1) is 20.2. The van der Waals surface area contributed by atoms with E-state index in [0.29, 0.717) is 17.1 Å². The summed E-state index contributed by atoms with van der Waals surface area (Å²) in [4.78, 5) is 45.5. The second-order valence-corrected chi connectivity index (χ2v) is 14.3. The molecule has 0 amide bonds. The second-order valence-electron chi connectivity index (χ2n) is 13.8. The molecule has 6 rings (SSSR count). The van der Waals surface area contributed by atoms with Gasteiger partial charge >= 0.3 is 5.97 Å². The van der Waals surface area contributed by atoms with E-state index >= 15 is 8.78 Å². The van der Waals surface area contributed by atoms with Gasteiger partial charge < -0.3 is 9.84 Å². The van der Waals surface area contributed by atoms with Crippen molar-refractivity contribution in [1.29, 1.82) is 0 Å². The largest absolute Gasteiger partial charge is 0.458 e. The summed E-state index contributed by atoms with van der Waals surface area (Å²) in [6.45, 7) is 6.88. The molecule has 0 aromatic heterocycles. The Kier molecular flexibility index (Phi) is 7.22. The van der Waals surface area contributed by atoms with Gasteiger partial charge in [-0.05, 0) is 80.0 Å². The van der Waals surface area contributed by atoms with E-state index in [4.69, 9.17) is 21.2 Å². The van der Waals surface area contributed by atoms with Crippen molar-refractivity contribution in [3.8, 4) is 0 Å². The number of benzene rings is 1. The molecule has 1 aromatic rings. The number of ether oxygens (including phenoxy) is 1. The normalized spacial score (nSPS) is 41.3. The number of fused-ring (bicyclic) bond motifs is 7. The van der Waals surface area contributed by atoms with Gasteiger partial charge in [0.05, 0.1) is 18.3 Å². The zero-order valence-electron chi connectivity index (χ0n) is 24.8. The van der Waals surface area contributed by atoms with Crippen molar-refractivity contribution in [2.24, 2.45) is 34.5 Å². The molecule has 43 heavy (non-hydrogen) atoms. The summed E-state index contributed by atoms with van der Waals surface area (Å²) in [5.74, 6) is -3.27. The number of rotatable bonds is 6. The maximum atomic E-state index is 17.7. The van der Waals surface area contributed by atoms with Gasteiger partial charge in [-0.2, -0.15) is 0 Å². The molecule has 9 atom stereocenters. The van der Waals surface area contributed by atoms with Crippen LogP contribution in [0.15, 0.2) is 48.1 Å². The standard InChI is InChI=1S/C33H38ClF2NO6/c1-18(2)11-29(41)42-17-28(40)33-19(16-37(43-33)21-7-5-20(34)6-8-21)12-23-24-14-26(35)25-13-22(38)9-10-30(25,3)32(24,36)27(39)15-31(23,33)4/h5-10,13,18-19,23-24,26-27,39H,11-12,14-17H2,1-4H3. The van der Waals surface area contributed by atoms with Crippen LogP contribution < -0.4 is 5.06 Å². The minimum absolute atomic E-state index is 0.0422. The fourth-order valence-corrected chi connectivity index (χ4v) is 9.28. The van der Waals surface area contributed by atoms with Gasteiger partial charge in [0.1, 0.15) is 6.17 Å². The first-order valence-electron chi connectivity index (χ1n) is 15.0. The Balaban J connectivity index is 1.40. The Hall–Kier alpha value is -2.62. The highest BCUT2D eigenvalue weighted by Crippen LogP contribution is 2.72. The van der Waals surface area contributed by atoms with Crippen LogP contribution in [-0.4, -0.2) is 59.3 Å². The average Bonchev–Trinajstić information content (AvgIpc) is 3.43. The number of carbonyl (C=O) groups is 3. The van der Waals surface area contributed by atoms with Gasteiger partial charge in [-0.25, -0.2) is 8.78 Å². The number of hydrogen-bond acceptors (Lipinski definition) is 7. The van der Waals surface area contributed by atoms with Crippen LogP contribution in [0.2, 0.25) is 5.02 Å². The second kappa shape index (κ2) is 10.2. The van der Waals surface area contributed by atoms with Crippen molar-refractivity contribution < 1.29 is 37.8 Å². The Morgan fingerprint density at radius 2 is 1.88 bits per heavy atom. The lowest BCUT2D eigenvalue weighted by atomic mass is 9.44. The number of ketones is 2. The maximum Gasteiger partial charge on any atom is 0.306 e. The highest BCUT2D eigenvalue weighted by molar-refractivity contribution is 6.30. The Morgan fingerprint density at radius 3 is 2.56 bits per heavy atom. The minimum Gasteiger partial charge on any atom is -0.458 e. The topological polar surface area (TPSA) is 93.1 Å². The fourth-order valence-electron chi connectivity index (χ4n) is 9.15. The lowest BCUT2D eigenvalue weighted by molar-refractivity contribution is -0.228. The van der Waals surface area contributed by atoms with Crippen molar-refractivity contribution in [3.05, 3.63) is 53.1 Å². The summed E-state index contributed by atoms with van der Waals surface area (Å²) >= 11 is 6.10. The Bertz CT molecular complexity index is 1410. The highest BCUT2D eigenvalue weighted by Gasteiger charge is 2.79. The van der Waals surface area contributed by atoms with E-state index in [1.807, 2.05) is 20.8 Å². The molecule has 4 aliphatic carbocycles. The van der Waals surface area contributed by atoms with Crippen LogP contribution in [0.25, 0.3) is 0 Å². The molecule has 0 bridgehead atoms. The molecule has 4 fully saturated rings. The summed E-state index contributed by atoms with van der Waals surface area (Å²) in [5.41, 5.74) is -5.76. The predicted octanol–water partition coefficient (Wildman–Crippen LogP) is 5.53. The van der Waals surface area contributed by atoms with Crippen LogP contribution in [0.5, 0.6) is 0 Å². The number of Topliss-reactive ketones (excluding diaryl/α,β-unsaturated/α-hetero) is 1. The number of alkyl halides is 2. The van der Waals surface area contributed by atoms with Gasteiger partial charge in [-0.1, -0.05) is 38.4 Å². The molecule has 9 unspecified atom stereocenters. The van der Waals surface area contributed by atoms with Crippen LogP contribution in [0.1, 0.15) is 53.4 Å². The number of nitrogens with zero attached hydrogens (tertiary/aromatic N) is 1. The number of aliphatic hydroxyl groups excluding tert-OH is 1. The molecule has 0 radical (unpaired) electrons. The summed E-state index contributed by atoms with van der Waals surface area (Å²) in [7, 11) is 0. The number of halogens is 3. The zero-order chi connectivity index (χ0) is 31.1. The number of allylic oxidation sites excluding steroid dienone is 4. The molecule has 7 nitrogen and oxygen atoms in total. The number of hydrogen-bond donors (Lipinski definition) is 1. The van der Waals surface area contributed by atoms with E-state index in [1.54, 1.807) is 36.3 Å². The summed E-state index contributed by atoms with van der Waals surface area (Å²) in [6.07, 6.45) is 0.771. The molecule has 1 heterocycles. The van der Waals surface area contributed by atoms with Crippen LogP contribution >= 0.6 is 11.6 Å². The van der Waals surface area contributed by atoms with E-state index in [2.05, 4.69) is 0 Å².